The van der Waals surface area contributed by atoms with Crippen molar-refractivity contribution in [1.82, 2.24) is 10.1 Å². The number of benzene rings is 2. The lowest BCUT2D eigenvalue weighted by Crippen LogP contribution is -3.09. The largest absolute Gasteiger partial charge is 0.486 e. The van der Waals surface area contributed by atoms with Gasteiger partial charge in [0.25, 0.3) is 5.89 Å². The summed E-state index contributed by atoms with van der Waals surface area (Å²) in [5.74, 6) is 2.93. The fourth-order valence-electron chi connectivity index (χ4n) is 4.04. The van der Waals surface area contributed by atoms with E-state index in [2.05, 4.69) is 22.3 Å². The minimum Gasteiger partial charge on any atom is -0.486 e. The van der Waals surface area contributed by atoms with Gasteiger partial charge in [-0.3, -0.25) is 0 Å². The normalized spacial score (nSPS) is 21.0. The summed E-state index contributed by atoms with van der Waals surface area (Å²) in [6, 6.07) is 14.1. The third-order valence-electron chi connectivity index (χ3n) is 5.40. The topological polar surface area (TPSA) is 61.8 Å². The van der Waals surface area contributed by atoms with Gasteiger partial charge in [0.2, 0.25) is 5.82 Å². The number of ether oxygens (including phenoxy) is 2. The predicted molar refractivity (Wildman–Crippen MR) is 104 cm³/mol. The van der Waals surface area contributed by atoms with Crippen molar-refractivity contribution in [2.75, 3.05) is 19.8 Å². The van der Waals surface area contributed by atoms with Crippen LogP contribution in [-0.2, 0) is 6.54 Å². The molecule has 1 aromatic heterocycles. The molecule has 0 spiro atoms. The lowest BCUT2D eigenvalue weighted by molar-refractivity contribution is -0.933. The Balaban J connectivity index is 1.33. The van der Waals surface area contributed by atoms with Gasteiger partial charge in [-0.05, 0) is 42.5 Å². The second-order valence-electron chi connectivity index (χ2n) is 7.20. The molecule has 144 valence electrons. The van der Waals surface area contributed by atoms with Crippen LogP contribution in [0, 0.1) is 0 Å². The number of hydrogen-bond acceptors (Lipinski definition) is 5. The summed E-state index contributed by atoms with van der Waals surface area (Å²) in [6.45, 7) is 3.00. The van der Waals surface area contributed by atoms with E-state index in [1.165, 1.54) is 16.9 Å². The Bertz CT molecular complexity index is 973. The summed E-state index contributed by atoms with van der Waals surface area (Å²) in [5, 5.41) is 4.83. The number of nitrogens with one attached hydrogen (secondary N) is 1. The molecular weight excluding hydrogens is 378 g/mol. The Labute approximate surface area is 168 Å². The highest BCUT2D eigenvalue weighted by atomic mass is 35.5. The maximum Gasteiger partial charge on any atom is 0.282 e. The number of hydrogen-bond donors (Lipinski definition) is 1. The molecule has 3 heterocycles. The first-order valence-electron chi connectivity index (χ1n) is 9.59. The average Bonchev–Trinajstić information content (AvgIpc) is 3.38. The third kappa shape index (κ3) is 3.45. The van der Waals surface area contributed by atoms with Gasteiger partial charge in [-0.2, -0.15) is 4.98 Å². The summed E-state index contributed by atoms with van der Waals surface area (Å²) < 4.78 is 16.9. The van der Waals surface area contributed by atoms with Gasteiger partial charge in [-0.1, -0.05) is 16.8 Å². The molecule has 1 unspecified atom stereocenters. The lowest BCUT2D eigenvalue weighted by Gasteiger charge is -2.23. The van der Waals surface area contributed by atoms with Crippen LogP contribution in [0.2, 0.25) is 5.02 Å². The lowest BCUT2D eigenvalue weighted by atomic mass is 10.0. The molecule has 0 radical (unpaired) electrons. The van der Waals surface area contributed by atoms with E-state index in [1.54, 1.807) is 0 Å². The molecule has 1 N–H and O–H groups in total. The molecule has 1 fully saturated rings. The van der Waals surface area contributed by atoms with E-state index in [4.69, 9.17) is 25.6 Å². The SMILES string of the molecule is Clc1ccc(-c2noc(C[NH+]3CCC[C@@H]3c3ccc4c(c3)OCCO4)n2)cc1. The van der Waals surface area contributed by atoms with Crippen molar-refractivity contribution in [1.29, 1.82) is 0 Å². The van der Waals surface area contributed by atoms with Crippen LogP contribution >= 0.6 is 11.6 Å². The maximum atomic E-state index is 5.95. The Kier molecular flexibility index (Phi) is 4.66. The van der Waals surface area contributed by atoms with Gasteiger partial charge >= 0.3 is 0 Å². The first kappa shape index (κ1) is 17.5. The van der Waals surface area contributed by atoms with Crippen LogP contribution in [0.4, 0.5) is 0 Å². The Morgan fingerprint density at radius 1 is 1.04 bits per heavy atom. The van der Waals surface area contributed by atoms with Crippen LogP contribution < -0.4 is 14.4 Å². The Hall–Kier alpha value is -2.57. The maximum absolute atomic E-state index is 5.95. The van der Waals surface area contributed by atoms with Gasteiger partial charge in [0.1, 0.15) is 19.3 Å². The molecule has 2 aromatic carbocycles. The molecule has 1 saturated heterocycles. The van der Waals surface area contributed by atoms with Crippen LogP contribution in [0.25, 0.3) is 11.4 Å². The predicted octanol–water partition coefficient (Wildman–Crippen LogP) is 3.08. The number of rotatable bonds is 4. The molecule has 0 aliphatic carbocycles. The fourth-order valence-corrected chi connectivity index (χ4v) is 4.17. The Morgan fingerprint density at radius 3 is 2.71 bits per heavy atom. The average molecular weight is 399 g/mol. The van der Waals surface area contributed by atoms with Gasteiger partial charge in [0.05, 0.1) is 6.54 Å². The number of nitrogens with zero attached hydrogens (tertiary/aromatic N) is 2. The highest BCUT2D eigenvalue weighted by Gasteiger charge is 2.32. The zero-order valence-electron chi connectivity index (χ0n) is 15.4. The molecule has 2 aliphatic heterocycles. The summed E-state index contributed by atoms with van der Waals surface area (Å²) >= 11 is 5.95. The van der Waals surface area contributed by atoms with Gasteiger partial charge in [0, 0.05) is 29.0 Å². The second-order valence-corrected chi connectivity index (χ2v) is 7.64. The van der Waals surface area contributed by atoms with Crippen molar-refractivity contribution in [3.05, 3.63) is 58.9 Å². The van der Waals surface area contributed by atoms with Gasteiger partial charge < -0.3 is 18.9 Å². The standard InChI is InChI=1S/C21H20ClN3O3/c22-16-6-3-14(4-7-16)21-23-20(28-24-21)13-25-9-1-2-17(25)15-5-8-18-19(12-15)27-11-10-26-18/h3-8,12,17H,1-2,9-11,13H2/p+1/t17-/m1/s1. The number of halogens is 1. The van der Waals surface area contributed by atoms with Crippen LogP contribution in [0.3, 0.4) is 0 Å². The minimum absolute atomic E-state index is 0.390. The van der Waals surface area contributed by atoms with E-state index in [9.17, 15) is 0 Å². The summed E-state index contributed by atoms with van der Waals surface area (Å²) in [7, 11) is 0. The molecule has 0 bridgehead atoms. The summed E-state index contributed by atoms with van der Waals surface area (Å²) in [6.07, 6.45) is 2.31. The Morgan fingerprint density at radius 2 is 1.86 bits per heavy atom. The van der Waals surface area contributed by atoms with Crippen molar-refractivity contribution in [3.63, 3.8) is 0 Å². The fraction of sp³-hybridized carbons (Fsp3) is 0.333. The molecule has 0 saturated carbocycles. The number of quaternary nitrogens is 1. The van der Waals surface area contributed by atoms with Crippen molar-refractivity contribution in [2.24, 2.45) is 0 Å². The second kappa shape index (κ2) is 7.45. The molecule has 28 heavy (non-hydrogen) atoms. The van der Waals surface area contributed by atoms with E-state index in [-0.39, 0.29) is 0 Å². The van der Waals surface area contributed by atoms with Gasteiger partial charge in [0.15, 0.2) is 18.0 Å². The van der Waals surface area contributed by atoms with Crippen molar-refractivity contribution in [2.45, 2.75) is 25.4 Å². The number of aromatic nitrogens is 2. The van der Waals surface area contributed by atoms with Crippen molar-refractivity contribution in [3.8, 4) is 22.9 Å². The molecule has 7 heteroatoms. The molecule has 0 amide bonds. The van der Waals surface area contributed by atoms with Crippen molar-refractivity contribution >= 4 is 11.6 Å². The van der Waals surface area contributed by atoms with E-state index >= 15 is 0 Å². The molecule has 3 aromatic rings. The zero-order chi connectivity index (χ0) is 18.9. The first-order valence-corrected chi connectivity index (χ1v) is 9.97. The highest BCUT2D eigenvalue weighted by molar-refractivity contribution is 6.30. The summed E-state index contributed by atoms with van der Waals surface area (Å²) in [4.78, 5) is 6.02. The van der Waals surface area contributed by atoms with Crippen LogP contribution in [0.5, 0.6) is 11.5 Å². The third-order valence-corrected chi connectivity index (χ3v) is 5.65. The molecule has 6 nitrogen and oxygen atoms in total. The van der Waals surface area contributed by atoms with E-state index < -0.39 is 0 Å². The molecule has 2 aliphatic rings. The van der Waals surface area contributed by atoms with Crippen LogP contribution in [-0.4, -0.2) is 29.9 Å². The summed E-state index contributed by atoms with van der Waals surface area (Å²) in [5.41, 5.74) is 2.17. The zero-order valence-corrected chi connectivity index (χ0v) is 16.1. The quantitative estimate of drug-likeness (QED) is 0.731. The van der Waals surface area contributed by atoms with Gasteiger partial charge in [-0.15, -0.1) is 0 Å². The smallest absolute Gasteiger partial charge is 0.282 e. The first-order chi connectivity index (χ1) is 13.8. The number of fused-ring (bicyclic) bond motifs is 1. The highest BCUT2D eigenvalue weighted by Crippen LogP contribution is 2.33. The van der Waals surface area contributed by atoms with Gasteiger partial charge in [-0.25, -0.2) is 0 Å². The monoisotopic (exact) mass is 398 g/mol. The van der Waals surface area contributed by atoms with Crippen LogP contribution in [0.15, 0.2) is 47.0 Å². The van der Waals surface area contributed by atoms with E-state index in [0.717, 1.165) is 30.0 Å². The molecule has 5 rings (SSSR count). The molecule has 2 atom stereocenters. The number of likely N-dealkylation sites (tertiary alicyclic amines) is 1. The van der Waals surface area contributed by atoms with Crippen molar-refractivity contribution < 1.29 is 18.9 Å². The van der Waals surface area contributed by atoms with Crippen LogP contribution in [0.1, 0.15) is 30.3 Å². The minimum atomic E-state index is 0.390. The molecular formula is C21H21ClN3O3+. The van der Waals surface area contributed by atoms with E-state index in [1.807, 2.05) is 30.3 Å². The van der Waals surface area contributed by atoms with E-state index in [0.29, 0.717) is 42.5 Å².